The molecular formula is C13H12Cl2N2O3. The molecule has 1 aliphatic heterocycles. The highest BCUT2D eigenvalue weighted by atomic mass is 35.5. The predicted octanol–water partition coefficient (Wildman–Crippen LogP) is 2.91. The fourth-order valence-corrected chi connectivity index (χ4v) is 2.26. The fraction of sp³-hybridized carbons (Fsp3) is 0.308. The van der Waals surface area contributed by atoms with Gasteiger partial charge >= 0.3 is 6.03 Å². The average molecular weight is 315 g/mol. The Hall–Kier alpha value is -1.59. The van der Waals surface area contributed by atoms with Crippen molar-refractivity contribution in [3.8, 4) is 0 Å². The third-order valence-corrected chi connectivity index (χ3v) is 3.91. The summed E-state index contributed by atoms with van der Waals surface area (Å²) in [5.74, 6) is -1.29. The van der Waals surface area contributed by atoms with Gasteiger partial charge in [-0.25, -0.2) is 9.69 Å². The zero-order valence-electron chi connectivity index (χ0n) is 11.1. The van der Waals surface area contributed by atoms with Crippen molar-refractivity contribution >= 4 is 46.7 Å². The van der Waals surface area contributed by atoms with Crippen LogP contribution in [-0.2, 0) is 9.59 Å². The molecule has 0 atom stereocenters. The Morgan fingerprint density at radius 1 is 1.10 bits per heavy atom. The standard InChI is InChI=1S/C13H12Cl2N2O3/c1-6-4-8(15)9(5-7(6)14)17-11(19)13(2,3)10(18)16-12(17)20/h4-5H,1-3H3,(H,16,18,20). The van der Waals surface area contributed by atoms with Crippen molar-refractivity contribution in [2.75, 3.05) is 4.90 Å². The normalized spacial score (nSPS) is 18.2. The van der Waals surface area contributed by atoms with Crippen molar-refractivity contribution in [3.05, 3.63) is 27.7 Å². The van der Waals surface area contributed by atoms with Crippen molar-refractivity contribution in [2.45, 2.75) is 20.8 Å². The molecular weight excluding hydrogens is 303 g/mol. The van der Waals surface area contributed by atoms with E-state index in [9.17, 15) is 14.4 Å². The lowest BCUT2D eigenvalue weighted by Gasteiger charge is -2.34. The second kappa shape index (κ2) is 4.75. The summed E-state index contributed by atoms with van der Waals surface area (Å²) in [6.45, 7) is 4.63. The van der Waals surface area contributed by atoms with Gasteiger partial charge in [0.05, 0.1) is 10.7 Å². The van der Waals surface area contributed by atoms with E-state index in [1.807, 2.05) is 0 Å². The molecule has 4 amide bonds. The van der Waals surface area contributed by atoms with E-state index in [1.54, 1.807) is 13.0 Å². The summed E-state index contributed by atoms with van der Waals surface area (Å²) in [5, 5.41) is 2.72. The first-order valence-electron chi connectivity index (χ1n) is 5.82. The van der Waals surface area contributed by atoms with E-state index in [1.165, 1.54) is 19.9 Å². The quantitative estimate of drug-likeness (QED) is 0.810. The number of carbonyl (C=O) groups is 3. The average Bonchev–Trinajstić information content (AvgIpc) is 2.33. The van der Waals surface area contributed by atoms with E-state index in [0.717, 1.165) is 10.5 Å². The van der Waals surface area contributed by atoms with Gasteiger partial charge in [-0.05, 0) is 38.5 Å². The number of rotatable bonds is 1. The Morgan fingerprint density at radius 3 is 2.30 bits per heavy atom. The number of anilines is 1. The van der Waals surface area contributed by atoms with Gasteiger partial charge in [-0.1, -0.05) is 23.2 Å². The lowest BCUT2D eigenvalue weighted by Crippen LogP contribution is -2.62. The number of barbiturate groups is 1. The van der Waals surface area contributed by atoms with Crippen LogP contribution in [0.15, 0.2) is 12.1 Å². The van der Waals surface area contributed by atoms with Crippen molar-refractivity contribution < 1.29 is 14.4 Å². The Bertz CT molecular complexity index is 641. The monoisotopic (exact) mass is 314 g/mol. The van der Waals surface area contributed by atoms with E-state index < -0.39 is 23.3 Å². The third-order valence-electron chi connectivity index (χ3n) is 3.20. The molecule has 106 valence electrons. The predicted molar refractivity (Wildman–Crippen MR) is 76.0 cm³/mol. The van der Waals surface area contributed by atoms with Gasteiger partial charge in [0, 0.05) is 5.02 Å². The first kappa shape index (κ1) is 14.8. The molecule has 1 heterocycles. The smallest absolute Gasteiger partial charge is 0.276 e. The zero-order valence-corrected chi connectivity index (χ0v) is 12.6. The molecule has 0 aromatic heterocycles. The molecule has 1 fully saturated rings. The lowest BCUT2D eigenvalue weighted by atomic mass is 9.88. The maximum atomic E-state index is 12.4. The van der Waals surface area contributed by atoms with Crippen LogP contribution in [0.2, 0.25) is 10.0 Å². The Balaban J connectivity index is 2.57. The van der Waals surface area contributed by atoms with Gasteiger partial charge in [0.1, 0.15) is 5.41 Å². The summed E-state index contributed by atoms with van der Waals surface area (Å²) in [7, 11) is 0. The molecule has 1 aromatic rings. The largest absolute Gasteiger partial charge is 0.335 e. The summed E-state index contributed by atoms with van der Waals surface area (Å²) in [6.07, 6.45) is 0. The number of imide groups is 2. The molecule has 7 heteroatoms. The molecule has 2 rings (SSSR count). The van der Waals surface area contributed by atoms with Crippen LogP contribution in [0.25, 0.3) is 0 Å². The molecule has 0 radical (unpaired) electrons. The van der Waals surface area contributed by atoms with E-state index in [-0.39, 0.29) is 10.7 Å². The number of benzene rings is 1. The van der Waals surface area contributed by atoms with Crippen LogP contribution in [0.5, 0.6) is 0 Å². The van der Waals surface area contributed by atoms with Gasteiger partial charge in [-0.2, -0.15) is 0 Å². The number of urea groups is 1. The highest BCUT2D eigenvalue weighted by Gasteiger charge is 2.48. The Labute approximate surface area is 125 Å². The highest BCUT2D eigenvalue weighted by Crippen LogP contribution is 2.35. The number of nitrogens with one attached hydrogen (secondary N) is 1. The number of nitrogens with zero attached hydrogens (tertiary/aromatic N) is 1. The van der Waals surface area contributed by atoms with Crippen LogP contribution in [0.1, 0.15) is 19.4 Å². The first-order valence-corrected chi connectivity index (χ1v) is 6.57. The number of hydrogen-bond acceptors (Lipinski definition) is 3. The molecule has 1 saturated heterocycles. The van der Waals surface area contributed by atoms with Crippen molar-refractivity contribution in [1.29, 1.82) is 0 Å². The Morgan fingerprint density at radius 2 is 1.70 bits per heavy atom. The van der Waals surface area contributed by atoms with Gasteiger partial charge in [0.15, 0.2) is 0 Å². The van der Waals surface area contributed by atoms with E-state index in [4.69, 9.17) is 23.2 Å². The third kappa shape index (κ3) is 2.17. The second-order valence-electron chi connectivity index (χ2n) is 5.08. The molecule has 0 spiro atoms. The summed E-state index contributed by atoms with van der Waals surface area (Å²) in [4.78, 5) is 36.8. The first-order chi connectivity index (χ1) is 9.16. The molecule has 0 unspecified atom stereocenters. The zero-order chi connectivity index (χ0) is 15.2. The van der Waals surface area contributed by atoms with Gasteiger partial charge in [-0.3, -0.25) is 14.9 Å². The molecule has 0 bridgehead atoms. The minimum absolute atomic E-state index is 0.158. The fourth-order valence-electron chi connectivity index (χ4n) is 1.80. The van der Waals surface area contributed by atoms with Crippen LogP contribution < -0.4 is 10.2 Å². The molecule has 20 heavy (non-hydrogen) atoms. The van der Waals surface area contributed by atoms with Gasteiger partial charge < -0.3 is 0 Å². The van der Waals surface area contributed by atoms with Crippen molar-refractivity contribution in [2.24, 2.45) is 5.41 Å². The summed E-state index contributed by atoms with van der Waals surface area (Å²) >= 11 is 12.1. The number of carbonyl (C=O) groups excluding carboxylic acids is 3. The number of hydrogen-bond donors (Lipinski definition) is 1. The summed E-state index contributed by atoms with van der Waals surface area (Å²) < 4.78 is 0. The molecule has 0 aliphatic carbocycles. The van der Waals surface area contributed by atoms with E-state index in [2.05, 4.69) is 5.32 Å². The summed E-state index contributed by atoms with van der Waals surface area (Å²) in [5.41, 5.74) is -0.472. The summed E-state index contributed by atoms with van der Waals surface area (Å²) in [6, 6.07) is 2.16. The topological polar surface area (TPSA) is 66.5 Å². The minimum atomic E-state index is -1.35. The maximum Gasteiger partial charge on any atom is 0.335 e. The number of halogens is 2. The molecule has 0 saturated carbocycles. The van der Waals surface area contributed by atoms with Crippen LogP contribution in [-0.4, -0.2) is 17.8 Å². The molecule has 5 nitrogen and oxygen atoms in total. The molecule has 1 N–H and O–H groups in total. The van der Waals surface area contributed by atoms with Crippen molar-refractivity contribution in [3.63, 3.8) is 0 Å². The molecule has 1 aliphatic rings. The van der Waals surface area contributed by atoms with Crippen LogP contribution in [0.4, 0.5) is 10.5 Å². The highest BCUT2D eigenvalue weighted by molar-refractivity contribution is 6.39. The molecule has 1 aromatic carbocycles. The van der Waals surface area contributed by atoms with Crippen LogP contribution in [0, 0.1) is 12.3 Å². The van der Waals surface area contributed by atoms with Crippen molar-refractivity contribution in [1.82, 2.24) is 5.32 Å². The van der Waals surface area contributed by atoms with E-state index >= 15 is 0 Å². The second-order valence-corrected chi connectivity index (χ2v) is 5.89. The SMILES string of the molecule is Cc1cc(Cl)c(N2C(=O)NC(=O)C(C)(C)C2=O)cc1Cl. The minimum Gasteiger partial charge on any atom is -0.276 e. The number of amides is 4. The maximum absolute atomic E-state index is 12.4. The van der Waals surface area contributed by atoms with Crippen LogP contribution in [0.3, 0.4) is 0 Å². The van der Waals surface area contributed by atoms with Crippen LogP contribution >= 0.6 is 23.2 Å². The number of aryl methyl sites for hydroxylation is 1. The van der Waals surface area contributed by atoms with Gasteiger partial charge in [0.2, 0.25) is 11.8 Å². The van der Waals surface area contributed by atoms with Gasteiger partial charge in [0.25, 0.3) is 0 Å². The van der Waals surface area contributed by atoms with Gasteiger partial charge in [-0.15, -0.1) is 0 Å². The van der Waals surface area contributed by atoms with E-state index in [0.29, 0.717) is 5.02 Å². The Kier molecular flexibility index (Phi) is 3.52. The lowest BCUT2D eigenvalue weighted by molar-refractivity contribution is -0.140.